The summed E-state index contributed by atoms with van der Waals surface area (Å²) in [6.45, 7) is 4.43. The van der Waals surface area contributed by atoms with Gasteiger partial charge in [0.1, 0.15) is 5.56 Å². The fraction of sp³-hybridized carbons (Fsp3) is 0.417. The van der Waals surface area contributed by atoms with Gasteiger partial charge in [0.05, 0.1) is 4.92 Å². The predicted molar refractivity (Wildman–Crippen MR) is 72.0 cm³/mol. The Hall–Kier alpha value is -1.56. The quantitative estimate of drug-likeness (QED) is 0.506. The molecule has 1 amide bonds. The molecular weight excluding hydrogens is 252 g/mol. The molecule has 0 saturated carbocycles. The number of rotatable bonds is 5. The maximum absolute atomic E-state index is 11.9. The molecule has 1 aromatic carbocycles. The van der Waals surface area contributed by atoms with Gasteiger partial charge in [-0.1, -0.05) is 13.8 Å². The van der Waals surface area contributed by atoms with Crippen molar-refractivity contribution in [2.75, 3.05) is 12.8 Å². The van der Waals surface area contributed by atoms with E-state index >= 15 is 0 Å². The van der Waals surface area contributed by atoms with E-state index in [2.05, 4.69) is 5.32 Å². The van der Waals surface area contributed by atoms with Crippen molar-refractivity contribution in [2.24, 2.45) is 5.92 Å². The van der Waals surface area contributed by atoms with Crippen LogP contribution < -0.4 is 5.32 Å². The summed E-state index contributed by atoms with van der Waals surface area (Å²) >= 11 is 1.44. The molecule has 0 bridgehead atoms. The van der Waals surface area contributed by atoms with E-state index in [1.54, 1.807) is 12.1 Å². The van der Waals surface area contributed by atoms with Gasteiger partial charge in [0, 0.05) is 17.5 Å². The van der Waals surface area contributed by atoms with Crippen molar-refractivity contribution in [3.63, 3.8) is 0 Å². The predicted octanol–water partition coefficient (Wildman–Crippen LogP) is 2.70. The van der Waals surface area contributed by atoms with E-state index in [-0.39, 0.29) is 11.3 Å². The Bertz CT molecular complexity index is 461. The molecule has 0 saturated heterocycles. The van der Waals surface area contributed by atoms with Gasteiger partial charge in [-0.3, -0.25) is 14.9 Å². The summed E-state index contributed by atoms with van der Waals surface area (Å²) in [6, 6.07) is 4.57. The molecule has 0 spiro atoms. The lowest BCUT2D eigenvalue weighted by molar-refractivity contribution is -0.385. The second kappa shape index (κ2) is 6.39. The normalized spacial score (nSPS) is 10.4. The third-order valence-corrected chi connectivity index (χ3v) is 3.04. The summed E-state index contributed by atoms with van der Waals surface area (Å²) in [5.74, 6) is -0.0944. The van der Waals surface area contributed by atoms with Crippen molar-refractivity contribution >= 4 is 23.4 Å². The lowest BCUT2D eigenvalue weighted by atomic mass is 10.1. The van der Waals surface area contributed by atoms with Crippen LogP contribution in [0, 0.1) is 16.0 Å². The molecule has 0 aliphatic carbocycles. The molecule has 0 aliphatic heterocycles. The van der Waals surface area contributed by atoms with Gasteiger partial charge in [-0.25, -0.2) is 0 Å². The van der Waals surface area contributed by atoms with Crippen LogP contribution in [0.4, 0.5) is 5.69 Å². The minimum Gasteiger partial charge on any atom is -0.352 e. The molecule has 98 valence electrons. The van der Waals surface area contributed by atoms with E-state index < -0.39 is 10.8 Å². The number of nitrogens with zero attached hydrogens (tertiary/aromatic N) is 1. The van der Waals surface area contributed by atoms with Crippen LogP contribution in [0.5, 0.6) is 0 Å². The number of benzene rings is 1. The van der Waals surface area contributed by atoms with Crippen LogP contribution in [0.2, 0.25) is 0 Å². The first-order valence-electron chi connectivity index (χ1n) is 5.56. The molecule has 0 heterocycles. The number of carbonyl (C=O) groups is 1. The Kier molecular flexibility index (Phi) is 5.15. The largest absolute Gasteiger partial charge is 0.352 e. The molecule has 18 heavy (non-hydrogen) atoms. The zero-order valence-electron chi connectivity index (χ0n) is 10.6. The van der Waals surface area contributed by atoms with E-state index in [1.165, 1.54) is 17.8 Å². The van der Waals surface area contributed by atoms with Crippen LogP contribution >= 0.6 is 11.8 Å². The SMILES string of the molecule is CSc1ccc([N+](=O)[O-])c(C(=O)NCC(C)C)c1. The minimum absolute atomic E-state index is 0.118. The number of hydrogen-bond acceptors (Lipinski definition) is 4. The average Bonchev–Trinajstić information content (AvgIpc) is 2.34. The fourth-order valence-electron chi connectivity index (χ4n) is 1.38. The van der Waals surface area contributed by atoms with Crippen molar-refractivity contribution in [3.05, 3.63) is 33.9 Å². The molecule has 6 heteroatoms. The summed E-state index contributed by atoms with van der Waals surface area (Å²) < 4.78 is 0. The van der Waals surface area contributed by atoms with E-state index in [1.807, 2.05) is 20.1 Å². The van der Waals surface area contributed by atoms with Gasteiger partial charge >= 0.3 is 0 Å². The highest BCUT2D eigenvalue weighted by atomic mass is 32.2. The monoisotopic (exact) mass is 268 g/mol. The standard InChI is InChI=1S/C12H16N2O3S/c1-8(2)7-13-12(15)10-6-9(18-3)4-5-11(10)14(16)17/h4-6,8H,7H2,1-3H3,(H,13,15). The van der Waals surface area contributed by atoms with Crippen LogP contribution in [0.15, 0.2) is 23.1 Å². The van der Waals surface area contributed by atoms with Crippen molar-refractivity contribution in [3.8, 4) is 0 Å². The van der Waals surface area contributed by atoms with E-state index in [0.717, 1.165) is 4.90 Å². The highest BCUT2D eigenvalue weighted by Crippen LogP contribution is 2.24. The topological polar surface area (TPSA) is 72.2 Å². The van der Waals surface area contributed by atoms with Crippen LogP contribution in [-0.2, 0) is 0 Å². The van der Waals surface area contributed by atoms with Gasteiger partial charge in [-0.05, 0) is 24.3 Å². The number of nitrogens with one attached hydrogen (secondary N) is 1. The molecule has 0 aromatic heterocycles. The van der Waals surface area contributed by atoms with Crippen molar-refractivity contribution in [1.29, 1.82) is 0 Å². The van der Waals surface area contributed by atoms with Crippen molar-refractivity contribution < 1.29 is 9.72 Å². The van der Waals surface area contributed by atoms with Crippen LogP contribution in [-0.4, -0.2) is 23.6 Å². The minimum atomic E-state index is -0.533. The van der Waals surface area contributed by atoms with Gasteiger partial charge < -0.3 is 5.32 Å². The summed E-state index contributed by atoms with van der Waals surface area (Å²) in [5, 5.41) is 13.6. The van der Waals surface area contributed by atoms with Crippen molar-refractivity contribution in [1.82, 2.24) is 5.32 Å². The second-order valence-electron chi connectivity index (χ2n) is 4.24. The zero-order chi connectivity index (χ0) is 13.7. The lowest BCUT2D eigenvalue weighted by Crippen LogP contribution is -2.27. The van der Waals surface area contributed by atoms with Gasteiger partial charge in [0.25, 0.3) is 11.6 Å². The molecule has 0 aliphatic rings. The summed E-state index contributed by atoms with van der Waals surface area (Å²) in [5.41, 5.74) is -0.0402. The third kappa shape index (κ3) is 3.73. The number of carbonyl (C=O) groups excluding carboxylic acids is 1. The molecule has 0 radical (unpaired) electrons. The van der Waals surface area contributed by atoms with E-state index in [4.69, 9.17) is 0 Å². The first kappa shape index (κ1) is 14.5. The molecule has 5 nitrogen and oxygen atoms in total. The van der Waals surface area contributed by atoms with Gasteiger partial charge in [-0.2, -0.15) is 0 Å². The highest BCUT2D eigenvalue weighted by Gasteiger charge is 2.20. The first-order chi connectivity index (χ1) is 8.45. The molecule has 1 rings (SSSR count). The second-order valence-corrected chi connectivity index (χ2v) is 5.12. The molecule has 0 fully saturated rings. The van der Waals surface area contributed by atoms with E-state index in [0.29, 0.717) is 12.5 Å². The number of hydrogen-bond donors (Lipinski definition) is 1. The van der Waals surface area contributed by atoms with E-state index in [9.17, 15) is 14.9 Å². The van der Waals surface area contributed by atoms with Crippen LogP contribution in [0.3, 0.4) is 0 Å². The molecular formula is C12H16N2O3S. The Morgan fingerprint density at radius 1 is 1.50 bits per heavy atom. The van der Waals surface area contributed by atoms with Gasteiger partial charge in [0.2, 0.25) is 0 Å². The van der Waals surface area contributed by atoms with Gasteiger partial charge in [0.15, 0.2) is 0 Å². The smallest absolute Gasteiger partial charge is 0.282 e. The van der Waals surface area contributed by atoms with Gasteiger partial charge in [-0.15, -0.1) is 11.8 Å². The summed E-state index contributed by atoms with van der Waals surface area (Å²) in [7, 11) is 0. The fourth-order valence-corrected chi connectivity index (χ4v) is 1.82. The number of amides is 1. The van der Waals surface area contributed by atoms with Crippen LogP contribution in [0.1, 0.15) is 24.2 Å². The number of thioether (sulfide) groups is 1. The Morgan fingerprint density at radius 2 is 2.17 bits per heavy atom. The molecule has 1 aromatic rings. The van der Waals surface area contributed by atoms with Crippen molar-refractivity contribution in [2.45, 2.75) is 18.7 Å². The molecule has 0 unspecified atom stereocenters. The summed E-state index contributed by atoms with van der Waals surface area (Å²) in [4.78, 5) is 23.1. The van der Waals surface area contributed by atoms with Crippen LogP contribution in [0.25, 0.3) is 0 Å². The number of nitro benzene ring substituents is 1. The molecule has 0 atom stereocenters. The maximum Gasteiger partial charge on any atom is 0.282 e. The first-order valence-corrected chi connectivity index (χ1v) is 6.78. The molecule has 1 N–H and O–H groups in total. The Labute approximate surface area is 110 Å². The zero-order valence-corrected chi connectivity index (χ0v) is 11.4. The highest BCUT2D eigenvalue weighted by molar-refractivity contribution is 7.98. The lowest BCUT2D eigenvalue weighted by Gasteiger charge is -2.08. The third-order valence-electron chi connectivity index (χ3n) is 2.32. The Balaban J connectivity index is 3.03. The summed E-state index contributed by atoms with van der Waals surface area (Å²) in [6.07, 6.45) is 1.86. The Morgan fingerprint density at radius 3 is 2.67 bits per heavy atom. The maximum atomic E-state index is 11.9. The average molecular weight is 268 g/mol. The number of nitro groups is 1.